The number of hydrogen-bond donors (Lipinski definition) is 1. The van der Waals surface area contributed by atoms with E-state index in [4.69, 9.17) is 5.26 Å². The Kier molecular flexibility index (Phi) is 3.95. The average molecular weight is 372 g/mol. The quantitative estimate of drug-likeness (QED) is 0.750. The molecule has 0 bridgehead atoms. The Morgan fingerprint density at radius 1 is 1.00 bits per heavy atom. The molecule has 4 heterocycles. The Hall–Kier alpha value is -3.44. The van der Waals surface area contributed by atoms with Gasteiger partial charge in [-0.2, -0.15) is 5.26 Å². The van der Waals surface area contributed by atoms with Gasteiger partial charge in [-0.15, -0.1) is 0 Å². The molecule has 2 aromatic heterocycles. The zero-order chi connectivity index (χ0) is 19.1. The van der Waals surface area contributed by atoms with E-state index in [2.05, 4.69) is 61.4 Å². The molecule has 28 heavy (non-hydrogen) atoms. The number of nitriles is 1. The summed E-state index contributed by atoms with van der Waals surface area (Å²) in [5.74, 6) is 2.03. The maximum absolute atomic E-state index is 8.78. The second-order valence-electron chi connectivity index (χ2n) is 7.38. The van der Waals surface area contributed by atoms with Crippen LogP contribution in [-0.2, 0) is 0 Å². The van der Waals surface area contributed by atoms with Crippen molar-refractivity contribution in [2.45, 2.75) is 6.04 Å². The van der Waals surface area contributed by atoms with Crippen LogP contribution in [-0.4, -0.2) is 57.1 Å². The normalized spacial score (nSPS) is 21.1. The fourth-order valence-corrected chi connectivity index (χ4v) is 4.06. The van der Waals surface area contributed by atoms with E-state index in [0.717, 1.165) is 24.7 Å². The molecular formula is C20H20N8. The lowest BCUT2D eigenvalue weighted by Gasteiger charge is -2.40. The van der Waals surface area contributed by atoms with Gasteiger partial charge in [-0.25, -0.2) is 15.0 Å². The summed E-state index contributed by atoms with van der Waals surface area (Å²) in [6.45, 7) is 3.48. The van der Waals surface area contributed by atoms with Crippen LogP contribution in [0.5, 0.6) is 0 Å². The van der Waals surface area contributed by atoms with E-state index in [0.29, 0.717) is 17.7 Å². The van der Waals surface area contributed by atoms with Crippen LogP contribution in [0.25, 0.3) is 5.69 Å². The first-order chi connectivity index (χ1) is 13.7. The topological polar surface area (TPSA) is 85.9 Å². The van der Waals surface area contributed by atoms with Crippen molar-refractivity contribution >= 4 is 17.3 Å². The van der Waals surface area contributed by atoms with Crippen LogP contribution in [0, 0.1) is 17.2 Å². The maximum Gasteiger partial charge on any atom is 0.158 e. The van der Waals surface area contributed by atoms with Crippen molar-refractivity contribution < 1.29 is 0 Å². The maximum atomic E-state index is 8.78. The third kappa shape index (κ3) is 2.96. The SMILES string of the molecule is CN1C[C@@H]2CN(c3ccc(-n4cnc(Nc5cnc(C#N)cn5)c4)cc3)C[C@@H]21. The first kappa shape index (κ1) is 16.7. The van der Waals surface area contributed by atoms with Gasteiger partial charge in [0.15, 0.2) is 5.69 Å². The lowest BCUT2D eigenvalue weighted by molar-refractivity contribution is 0.0827. The predicted octanol–water partition coefficient (Wildman–Crippen LogP) is 2.03. The van der Waals surface area contributed by atoms with Crippen LogP contribution < -0.4 is 10.2 Å². The number of nitrogens with one attached hydrogen (secondary N) is 1. The lowest BCUT2D eigenvalue weighted by atomic mass is 9.93. The smallest absolute Gasteiger partial charge is 0.158 e. The number of likely N-dealkylation sites (tertiary alicyclic amines) is 1. The molecule has 0 spiro atoms. The van der Waals surface area contributed by atoms with Crippen molar-refractivity contribution in [2.24, 2.45) is 5.92 Å². The van der Waals surface area contributed by atoms with Crippen molar-refractivity contribution in [1.82, 2.24) is 24.4 Å². The molecule has 1 aromatic carbocycles. The van der Waals surface area contributed by atoms with Crippen molar-refractivity contribution in [3.8, 4) is 11.8 Å². The highest BCUT2D eigenvalue weighted by atomic mass is 15.3. The van der Waals surface area contributed by atoms with Gasteiger partial charge in [0, 0.05) is 43.0 Å². The van der Waals surface area contributed by atoms with E-state index in [1.54, 1.807) is 6.33 Å². The van der Waals surface area contributed by atoms with E-state index in [1.807, 2.05) is 16.8 Å². The molecule has 2 atom stereocenters. The molecule has 5 rings (SSSR count). The summed E-state index contributed by atoms with van der Waals surface area (Å²) in [5, 5.41) is 11.9. The summed E-state index contributed by atoms with van der Waals surface area (Å²) in [7, 11) is 2.21. The molecule has 2 aliphatic heterocycles. The van der Waals surface area contributed by atoms with Gasteiger partial charge in [-0.3, -0.25) is 0 Å². The van der Waals surface area contributed by atoms with Crippen LogP contribution in [0.1, 0.15) is 5.69 Å². The molecule has 2 aliphatic rings. The van der Waals surface area contributed by atoms with Crippen molar-refractivity contribution in [1.29, 1.82) is 5.26 Å². The van der Waals surface area contributed by atoms with Crippen molar-refractivity contribution in [3.05, 3.63) is 54.9 Å². The Morgan fingerprint density at radius 2 is 1.82 bits per heavy atom. The van der Waals surface area contributed by atoms with Gasteiger partial charge < -0.3 is 19.7 Å². The number of imidazole rings is 1. The Labute approximate surface area is 163 Å². The number of hydrogen-bond acceptors (Lipinski definition) is 7. The van der Waals surface area contributed by atoms with Crippen molar-refractivity contribution in [2.75, 3.05) is 36.9 Å². The van der Waals surface area contributed by atoms with Crippen LogP contribution >= 0.6 is 0 Å². The molecule has 3 aromatic rings. The molecule has 0 amide bonds. The molecule has 2 fully saturated rings. The second kappa shape index (κ2) is 6.62. The molecule has 2 saturated heterocycles. The van der Waals surface area contributed by atoms with Crippen LogP contribution in [0.2, 0.25) is 0 Å². The van der Waals surface area contributed by atoms with E-state index in [9.17, 15) is 0 Å². The van der Waals surface area contributed by atoms with Gasteiger partial charge in [-0.05, 0) is 31.3 Å². The Morgan fingerprint density at radius 3 is 2.50 bits per heavy atom. The van der Waals surface area contributed by atoms with E-state index in [1.165, 1.54) is 24.6 Å². The molecule has 8 heteroatoms. The fourth-order valence-electron chi connectivity index (χ4n) is 4.06. The largest absolute Gasteiger partial charge is 0.370 e. The van der Waals surface area contributed by atoms with E-state index < -0.39 is 0 Å². The van der Waals surface area contributed by atoms with Crippen LogP contribution in [0.3, 0.4) is 0 Å². The summed E-state index contributed by atoms with van der Waals surface area (Å²) in [6.07, 6.45) is 6.62. The molecule has 0 aliphatic carbocycles. The minimum Gasteiger partial charge on any atom is -0.370 e. The number of aromatic nitrogens is 4. The molecule has 0 unspecified atom stereocenters. The second-order valence-corrected chi connectivity index (χ2v) is 7.38. The van der Waals surface area contributed by atoms with Gasteiger partial charge >= 0.3 is 0 Å². The molecule has 8 nitrogen and oxygen atoms in total. The fraction of sp³-hybridized carbons (Fsp3) is 0.300. The zero-order valence-corrected chi connectivity index (χ0v) is 15.5. The van der Waals surface area contributed by atoms with Crippen molar-refractivity contribution in [3.63, 3.8) is 0 Å². The van der Waals surface area contributed by atoms with E-state index in [-0.39, 0.29) is 5.69 Å². The lowest BCUT2D eigenvalue weighted by Crippen LogP contribution is -2.52. The van der Waals surface area contributed by atoms with Crippen LogP contribution in [0.4, 0.5) is 17.3 Å². The minimum atomic E-state index is 0.286. The molecule has 0 saturated carbocycles. The van der Waals surface area contributed by atoms with Crippen LogP contribution in [0.15, 0.2) is 49.2 Å². The number of benzene rings is 1. The van der Waals surface area contributed by atoms with Gasteiger partial charge in [-0.1, -0.05) is 0 Å². The number of fused-ring (bicyclic) bond motifs is 1. The highest BCUT2D eigenvalue weighted by molar-refractivity contribution is 5.54. The van der Waals surface area contributed by atoms with Gasteiger partial charge in [0.2, 0.25) is 0 Å². The third-order valence-corrected chi connectivity index (χ3v) is 5.61. The average Bonchev–Trinajstić information content (AvgIpc) is 3.33. The molecular weight excluding hydrogens is 352 g/mol. The standard InChI is InChI=1S/C20H20N8/c1-26-9-14-10-27(11-18(14)26)16-2-4-17(5-3-16)28-12-20(24-13-28)25-19-8-22-15(6-21)7-23-19/h2-5,7-8,12-14,18H,9-11H2,1H3,(H,23,25)/t14-,18+/m1/s1. The summed E-state index contributed by atoms with van der Waals surface area (Å²) in [6, 6.07) is 11.3. The monoisotopic (exact) mass is 372 g/mol. The number of nitrogens with zero attached hydrogens (tertiary/aromatic N) is 7. The first-order valence-electron chi connectivity index (χ1n) is 9.28. The summed E-state index contributed by atoms with van der Waals surface area (Å²) >= 11 is 0. The van der Waals surface area contributed by atoms with Gasteiger partial charge in [0.1, 0.15) is 24.0 Å². The first-order valence-corrected chi connectivity index (χ1v) is 9.28. The summed E-state index contributed by atoms with van der Waals surface area (Å²) in [4.78, 5) is 17.4. The van der Waals surface area contributed by atoms with E-state index >= 15 is 0 Å². The number of likely N-dealkylation sites (N-methyl/N-ethyl adjacent to an activating group) is 1. The highest BCUT2D eigenvalue weighted by Gasteiger charge is 2.43. The Bertz CT molecular complexity index is 1020. The molecule has 1 N–H and O–H groups in total. The van der Waals surface area contributed by atoms with Gasteiger partial charge in [0.25, 0.3) is 0 Å². The zero-order valence-electron chi connectivity index (χ0n) is 15.5. The summed E-state index contributed by atoms with van der Waals surface area (Å²) in [5.41, 5.74) is 2.61. The summed E-state index contributed by atoms with van der Waals surface area (Å²) < 4.78 is 1.96. The Balaban J connectivity index is 1.27. The predicted molar refractivity (Wildman–Crippen MR) is 106 cm³/mol. The van der Waals surface area contributed by atoms with Gasteiger partial charge in [0.05, 0.1) is 18.6 Å². The highest BCUT2D eigenvalue weighted by Crippen LogP contribution is 2.33. The molecule has 140 valence electrons. The molecule has 0 radical (unpaired) electrons. The number of rotatable bonds is 4. The minimum absolute atomic E-state index is 0.286. The number of anilines is 3. The third-order valence-electron chi connectivity index (χ3n) is 5.61.